The lowest BCUT2D eigenvalue weighted by Gasteiger charge is -2.17. The number of nitrogens with zero attached hydrogens (tertiary/aromatic N) is 4. The Balaban J connectivity index is 1.33. The molecule has 142 valence electrons. The third kappa shape index (κ3) is 3.85. The van der Waals surface area contributed by atoms with Gasteiger partial charge in [-0.05, 0) is 24.3 Å². The Hall–Kier alpha value is -3.68. The first-order chi connectivity index (χ1) is 13.7. The zero-order valence-electron chi connectivity index (χ0n) is 15.2. The second-order valence-corrected chi connectivity index (χ2v) is 6.52. The van der Waals surface area contributed by atoms with Crippen molar-refractivity contribution in [3.05, 3.63) is 72.8 Å². The maximum absolute atomic E-state index is 12.3. The largest absolute Gasteiger partial charge is 0.333 e. The summed E-state index contributed by atoms with van der Waals surface area (Å²) in [5, 5.41) is 13.6. The minimum atomic E-state index is -0.338. The number of benzene rings is 2. The summed E-state index contributed by atoms with van der Waals surface area (Å²) in [6, 6.07) is 18.5. The highest BCUT2D eigenvalue weighted by atomic mass is 16.2. The van der Waals surface area contributed by atoms with E-state index in [1.165, 1.54) is 0 Å². The molecule has 4 rings (SSSR count). The minimum Gasteiger partial charge on any atom is -0.333 e. The zero-order chi connectivity index (χ0) is 19.3. The van der Waals surface area contributed by atoms with Gasteiger partial charge < -0.3 is 15.5 Å². The molecule has 0 bridgehead atoms. The molecule has 8 nitrogen and oxygen atoms in total. The number of para-hydroxylation sites is 2. The monoisotopic (exact) mass is 376 g/mol. The number of carbonyl (C=O) groups is 2. The Kier molecular flexibility index (Phi) is 5.01. The first-order valence-electron chi connectivity index (χ1n) is 9.05. The second kappa shape index (κ2) is 7.91. The molecule has 3 aromatic rings. The molecule has 1 unspecified atom stereocenters. The number of carbonyl (C=O) groups excluding carboxylic acids is 2. The van der Waals surface area contributed by atoms with Crippen LogP contribution in [-0.2, 0) is 11.3 Å². The normalized spacial score (nSPS) is 16.2. The summed E-state index contributed by atoms with van der Waals surface area (Å²) in [5.74, 6) is 0.620. The average molecular weight is 376 g/mol. The maximum atomic E-state index is 12.3. The summed E-state index contributed by atoms with van der Waals surface area (Å²) in [6.07, 6.45) is 1.89. The summed E-state index contributed by atoms with van der Waals surface area (Å²) >= 11 is 0. The predicted molar refractivity (Wildman–Crippen MR) is 104 cm³/mol. The Morgan fingerprint density at radius 1 is 1.04 bits per heavy atom. The number of amides is 3. The summed E-state index contributed by atoms with van der Waals surface area (Å²) in [7, 11) is 0. The van der Waals surface area contributed by atoms with Crippen molar-refractivity contribution in [2.24, 2.45) is 0 Å². The van der Waals surface area contributed by atoms with Gasteiger partial charge in [0, 0.05) is 24.3 Å². The Bertz CT molecular complexity index is 957. The average Bonchev–Trinajstić information content (AvgIpc) is 3.34. The zero-order valence-corrected chi connectivity index (χ0v) is 15.2. The van der Waals surface area contributed by atoms with Crippen LogP contribution in [0.15, 0.2) is 67.0 Å². The van der Waals surface area contributed by atoms with Gasteiger partial charge in [0.05, 0.1) is 12.6 Å². The number of nitrogens with one attached hydrogen (secondary N) is 2. The van der Waals surface area contributed by atoms with E-state index in [4.69, 9.17) is 0 Å². The lowest BCUT2D eigenvalue weighted by molar-refractivity contribution is -0.117. The van der Waals surface area contributed by atoms with Gasteiger partial charge in [-0.15, -0.1) is 10.2 Å². The van der Waals surface area contributed by atoms with Crippen LogP contribution in [0.3, 0.4) is 0 Å². The number of urea groups is 1. The molecule has 1 atom stereocenters. The van der Waals surface area contributed by atoms with Crippen molar-refractivity contribution in [2.45, 2.75) is 19.0 Å². The van der Waals surface area contributed by atoms with E-state index in [9.17, 15) is 9.59 Å². The lowest BCUT2D eigenvalue weighted by atomic mass is 10.2. The molecule has 2 aromatic carbocycles. The number of hydrogen-bond donors (Lipinski definition) is 2. The van der Waals surface area contributed by atoms with Gasteiger partial charge >= 0.3 is 6.03 Å². The van der Waals surface area contributed by atoms with Crippen molar-refractivity contribution in [2.75, 3.05) is 11.4 Å². The first-order valence-corrected chi connectivity index (χ1v) is 9.05. The van der Waals surface area contributed by atoms with Crippen molar-refractivity contribution >= 4 is 17.6 Å². The highest BCUT2D eigenvalue weighted by Gasteiger charge is 2.31. The highest BCUT2D eigenvalue weighted by Crippen LogP contribution is 2.20. The SMILES string of the molecule is O=C(NCc1nncn1-c1ccccc1)NC1CC(=O)N(c2ccccc2)C1. The summed E-state index contributed by atoms with van der Waals surface area (Å²) in [4.78, 5) is 26.2. The Morgan fingerprint density at radius 2 is 1.71 bits per heavy atom. The van der Waals surface area contributed by atoms with Crippen LogP contribution in [0.4, 0.5) is 10.5 Å². The highest BCUT2D eigenvalue weighted by molar-refractivity contribution is 5.96. The number of anilines is 1. The van der Waals surface area contributed by atoms with Gasteiger partial charge in [-0.1, -0.05) is 36.4 Å². The molecule has 28 heavy (non-hydrogen) atoms. The molecule has 0 saturated carbocycles. The van der Waals surface area contributed by atoms with Crippen LogP contribution < -0.4 is 15.5 Å². The summed E-state index contributed by atoms with van der Waals surface area (Å²) in [6.45, 7) is 0.681. The van der Waals surface area contributed by atoms with Crippen LogP contribution >= 0.6 is 0 Å². The third-order valence-corrected chi connectivity index (χ3v) is 4.59. The van der Waals surface area contributed by atoms with Crippen LogP contribution in [0.1, 0.15) is 12.2 Å². The van der Waals surface area contributed by atoms with Gasteiger partial charge in [0.2, 0.25) is 5.91 Å². The Labute approximate surface area is 162 Å². The number of hydrogen-bond acceptors (Lipinski definition) is 4. The third-order valence-electron chi connectivity index (χ3n) is 4.59. The standard InChI is InChI=1S/C20H20N6O2/c27-19-11-15(13-25(19)16-7-3-1-4-8-16)23-20(28)21-12-18-24-22-14-26(18)17-9-5-2-6-10-17/h1-10,14-15H,11-13H2,(H2,21,23,28). The van der Waals surface area contributed by atoms with Crippen LogP contribution in [0, 0.1) is 0 Å². The molecule has 0 aliphatic carbocycles. The van der Waals surface area contributed by atoms with Gasteiger partial charge in [-0.3, -0.25) is 9.36 Å². The van der Waals surface area contributed by atoms with Crippen LogP contribution in [0.25, 0.3) is 5.69 Å². The molecule has 2 N–H and O–H groups in total. The molecule has 1 fully saturated rings. The summed E-state index contributed by atoms with van der Waals surface area (Å²) < 4.78 is 1.82. The van der Waals surface area contributed by atoms with E-state index in [0.29, 0.717) is 12.4 Å². The van der Waals surface area contributed by atoms with E-state index in [-0.39, 0.29) is 30.9 Å². The van der Waals surface area contributed by atoms with Gasteiger partial charge in [-0.2, -0.15) is 0 Å². The molecule has 1 saturated heterocycles. The van der Waals surface area contributed by atoms with Gasteiger partial charge in [0.25, 0.3) is 0 Å². The molecule has 1 aliphatic heterocycles. The maximum Gasteiger partial charge on any atom is 0.315 e. The van der Waals surface area contributed by atoms with E-state index in [2.05, 4.69) is 20.8 Å². The predicted octanol–water partition coefficient (Wildman–Crippen LogP) is 1.87. The fraction of sp³-hybridized carbons (Fsp3) is 0.200. The molecule has 3 amide bonds. The summed E-state index contributed by atoms with van der Waals surface area (Å²) in [5.41, 5.74) is 1.76. The van der Waals surface area contributed by atoms with E-state index in [0.717, 1.165) is 11.4 Å². The lowest BCUT2D eigenvalue weighted by Crippen LogP contribution is -2.43. The van der Waals surface area contributed by atoms with E-state index >= 15 is 0 Å². The molecule has 1 aromatic heterocycles. The van der Waals surface area contributed by atoms with Crippen LogP contribution in [-0.4, -0.2) is 39.3 Å². The topological polar surface area (TPSA) is 92.1 Å². The molecule has 8 heteroatoms. The van der Waals surface area contributed by atoms with Crippen molar-refractivity contribution in [3.63, 3.8) is 0 Å². The van der Waals surface area contributed by atoms with E-state index in [1.54, 1.807) is 11.2 Å². The number of rotatable bonds is 5. The van der Waals surface area contributed by atoms with E-state index < -0.39 is 0 Å². The fourth-order valence-corrected chi connectivity index (χ4v) is 3.24. The Morgan fingerprint density at radius 3 is 2.43 bits per heavy atom. The molecule has 2 heterocycles. The van der Waals surface area contributed by atoms with Gasteiger partial charge in [0.1, 0.15) is 6.33 Å². The molecule has 0 spiro atoms. The molecule has 1 aliphatic rings. The van der Waals surface area contributed by atoms with E-state index in [1.807, 2.05) is 65.2 Å². The number of aromatic nitrogens is 3. The quantitative estimate of drug-likeness (QED) is 0.711. The van der Waals surface area contributed by atoms with Gasteiger partial charge in [-0.25, -0.2) is 4.79 Å². The smallest absolute Gasteiger partial charge is 0.315 e. The first kappa shape index (κ1) is 17.7. The van der Waals surface area contributed by atoms with Crippen molar-refractivity contribution in [1.82, 2.24) is 25.4 Å². The minimum absolute atomic E-state index is 0.000297. The van der Waals surface area contributed by atoms with Gasteiger partial charge in [0.15, 0.2) is 5.82 Å². The second-order valence-electron chi connectivity index (χ2n) is 6.52. The van der Waals surface area contributed by atoms with Crippen LogP contribution in [0.2, 0.25) is 0 Å². The van der Waals surface area contributed by atoms with Crippen LogP contribution in [0.5, 0.6) is 0 Å². The molecular weight excluding hydrogens is 356 g/mol. The fourth-order valence-electron chi connectivity index (χ4n) is 3.24. The van der Waals surface area contributed by atoms with Crippen molar-refractivity contribution in [3.8, 4) is 5.69 Å². The molecule has 0 radical (unpaired) electrons. The van der Waals surface area contributed by atoms with Crippen molar-refractivity contribution in [1.29, 1.82) is 0 Å². The molecular formula is C20H20N6O2. The van der Waals surface area contributed by atoms with Crippen molar-refractivity contribution < 1.29 is 9.59 Å².